The van der Waals surface area contributed by atoms with Crippen molar-refractivity contribution < 1.29 is 36.6 Å². The number of alkyl halides is 3. The fourth-order valence-electron chi connectivity index (χ4n) is 3.24. The van der Waals surface area contributed by atoms with Gasteiger partial charge in [-0.25, -0.2) is 9.37 Å². The smallest absolute Gasteiger partial charge is 0.496 e. The Balaban J connectivity index is 1.88. The van der Waals surface area contributed by atoms with Gasteiger partial charge in [-0.1, -0.05) is 18.2 Å². The van der Waals surface area contributed by atoms with Crippen LogP contribution in [0.1, 0.15) is 27.7 Å². The molecule has 1 aromatic heterocycles. The van der Waals surface area contributed by atoms with E-state index in [0.29, 0.717) is 11.3 Å². The Morgan fingerprint density at radius 2 is 1.86 bits per heavy atom. The van der Waals surface area contributed by atoms with Crippen molar-refractivity contribution in [3.05, 3.63) is 75.5 Å². The minimum absolute atomic E-state index is 0.112. The lowest BCUT2D eigenvalue weighted by atomic mass is 10.1. The molecule has 0 unspecified atom stereocenters. The van der Waals surface area contributed by atoms with Crippen LogP contribution < -0.4 is 20.3 Å². The molecule has 0 radical (unpaired) electrons. The lowest BCUT2D eigenvalue weighted by Crippen LogP contribution is -2.33. The van der Waals surface area contributed by atoms with E-state index in [1.165, 1.54) is 14.2 Å². The number of hydrogen-bond donors (Lipinski definition) is 2. The lowest BCUT2D eigenvalue weighted by Gasteiger charge is -2.19. The molecular weight excluding hydrogens is 474 g/mol. The van der Waals surface area contributed by atoms with Crippen LogP contribution in [0.3, 0.4) is 0 Å². The monoisotopic (exact) mass is 495 g/mol. The number of aromatic amines is 1. The molecule has 1 amide bonds. The normalized spacial score (nSPS) is 12.2. The molecule has 1 heterocycles. The van der Waals surface area contributed by atoms with Crippen molar-refractivity contribution in [2.24, 2.45) is 0 Å². The largest absolute Gasteiger partial charge is 0.573 e. The minimum Gasteiger partial charge on any atom is -0.496 e. The van der Waals surface area contributed by atoms with Crippen molar-refractivity contribution in [2.45, 2.75) is 19.3 Å². The summed E-state index contributed by atoms with van der Waals surface area (Å²) in [6.45, 7) is 1.69. The molecule has 3 rings (SSSR count). The van der Waals surface area contributed by atoms with Crippen LogP contribution in [-0.2, 0) is 4.74 Å². The number of nitrogens with one attached hydrogen (secondary N) is 2. The highest BCUT2D eigenvalue weighted by molar-refractivity contribution is 5.92. The zero-order chi connectivity index (χ0) is 25.8. The first-order valence-electron chi connectivity index (χ1n) is 10.1. The number of nitrogens with zero attached hydrogens (tertiary/aromatic N) is 1. The van der Waals surface area contributed by atoms with E-state index >= 15 is 0 Å². The highest BCUT2D eigenvalue weighted by Crippen LogP contribution is 2.28. The van der Waals surface area contributed by atoms with Crippen molar-refractivity contribution in [1.82, 2.24) is 15.3 Å². The van der Waals surface area contributed by atoms with Gasteiger partial charge in [0.2, 0.25) is 0 Å². The van der Waals surface area contributed by atoms with Crippen LogP contribution in [0.5, 0.6) is 11.5 Å². The average molecular weight is 495 g/mol. The van der Waals surface area contributed by atoms with Gasteiger partial charge >= 0.3 is 6.36 Å². The molecule has 35 heavy (non-hydrogen) atoms. The van der Waals surface area contributed by atoms with Crippen molar-refractivity contribution in [3.63, 3.8) is 0 Å². The SMILES string of the molecule is COC[C@@H](NC(=O)c1cc(=O)[nH]c(-c2ccc(C)c(OC)c2)n1)c1ccc(OC(F)(F)F)c(F)c1. The van der Waals surface area contributed by atoms with E-state index in [1.807, 2.05) is 6.92 Å². The fraction of sp³-hybridized carbons (Fsp3) is 0.261. The second-order valence-corrected chi connectivity index (χ2v) is 7.38. The number of methoxy groups -OCH3 is 2. The zero-order valence-corrected chi connectivity index (χ0v) is 18.8. The Morgan fingerprint density at radius 3 is 2.49 bits per heavy atom. The van der Waals surface area contributed by atoms with E-state index in [4.69, 9.17) is 9.47 Å². The highest BCUT2D eigenvalue weighted by atomic mass is 19.4. The number of halogens is 4. The van der Waals surface area contributed by atoms with Gasteiger partial charge in [-0.15, -0.1) is 13.2 Å². The molecule has 0 aliphatic carbocycles. The van der Waals surface area contributed by atoms with E-state index < -0.39 is 35.4 Å². The Morgan fingerprint density at radius 1 is 1.11 bits per heavy atom. The number of benzene rings is 2. The summed E-state index contributed by atoms with van der Waals surface area (Å²) in [5.74, 6) is -2.41. The van der Waals surface area contributed by atoms with E-state index in [2.05, 4.69) is 20.0 Å². The first-order chi connectivity index (χ1) is 16.5. The van der Waals surface area contributed by atoms with Crippen molar-refractivity contribution in [2.75, 3.05) is 20.8 Å². The summed E-state index contributed by atoms with van der Waals surface area (Å²) >= 11 is 0. The van der Waals surface area contributed by atoms with E-state index in [0.717, 1.165) is 29.8 Å². The molecule has 0 bridgehead atoms. The molecule has 2 aromatic carbocycles. The van der Waals surface area contributed by atoms with Crippen LogP contribution in [0.2, 0.25) is 0 Å². The molecule has 3 aromatic rings. The van der Waals surface area contributed by atoms with Crippen LogP contribution in [0, 0.1) is 12.7 Å². The number of aromatic nitrogens is 2. The third-order valence-electron chi connectivity index (χ3n) is 4.88. The number of ether oxygens (including phenoxy) is 3. The maximum Gasteiger partial charge on any atom is 0.573 e. The summed E-state index contributed by atoms with van der Waals surface area (Å²) in [5, 5.41) is 2.55. The molecule has 186 valence electrons. The van der Waals surface area contributed by atoms with Crippen LogP contribution in [0.15, 0.2) is 47.3 Å². The number of aryl methyl sites for hydroxylation is 1. The van der Waals surface area contributed by atoms with Gasteiger partial charge in [0.15, 0.2) is 11.6 Å². The summed E-state index contributed by atoms with van der Waals surface area (Å²) in [4.78, 5) is 31.8. The molecule has 0 aliphatic heterocycles. The Bertz CT molecular complexity index is 1280. The van der Waals surface area contributed by atoms with Crippen LogP contribution in [0.25, 0.3) is 11.4 Å². The molecule has 0 spiro atoms. The summed E-state index contributed by atoms with van der Waals surface area (Å²) in [5.41, 5.74) is 0.633. The number of H-pyrrole nitrogens is 1. The van der Waals surface area contributed by atoms with Gasteiger partial charge in [0.05, 0.1) is 19.8 Å². The lowest BCUT2D eigenvalue weighted by molar-refractivity contribution is -0.275. The van der Waals surface area contributed by atoms with Crippen LogP contribution >= 0.6 is 0 Å². The van der Waals surface area contributed by atoms with Crippen LogP contribution in [0.4, 0.5) is 17.6 Å². The fourth-order valence-corrected chi connectivity index (χ4v) is 3.24. The van der Waals surface area contributed by atoms with Crippen molar-refractivity contribution >= 4 is 5.91 Å². The van der Waals surface area contributed by atoms with Gasteiger partial charge < -0.3 is 24.5 Å². The maximum atomic E-state index is 14.2. The summed E-state index contributed by atoms with van der Waals surface area (Å²) in [6.07, 6.45) is -5.06. The molecule has 8 nitrogen and oxygen atoms in total. The van der Waals surface area contributed by atoms with Gasteiger partial charge in [-0.3, -0.25) is 9.59 Å². The minimum atomic E-state index is -5.06. The van der Waals surface area contributed by atoms with Crippen molar-refractivity contribution in [1.29, 1.82) is 0 Å². The standard InChI is InChI=1S/C23H21F4N3O5/c1-12-4-5-14(9-19(12)34-3)21-28-16(10-20(31)30-21)22(32)29-17(11-33-2)13-6-7-18(15(24)8-13)35-23(25,26)27/h4-10,17H,11H2,1-3H3,(H,29,32)(H,28,30,31)/t17-/m1/s1. The van der Waals surface area contributed by atoms with E-state index in [9.17, 15) is 27.2 Å². The van der Waals surface area contributed by atoms with E-state index in [1.54, 1.807) is 18.2 Å². The first-order valence-corrected chi connectivity index (χ1v) is 10.1. The number of hydrogen-bond acceptors (Lipinski definition) is 6. The molecule has 1 atom stereocenters. The Hall–Kier alpha value is -3.93. The van der Waals surface area contributed by atoms with Gasteiger partial charge in [-0.05, 0) is 36.2 Å². The zero-order valence-electron chi connectivity index (χ0n) is 18.8. The molecule has 0 fully saturated rings. The third-order valence-corrected chi connectivity index (χ3v) is 4.88. The molecule has 0 saturated carbocycles. The molecular formula is C23H21F4N3O5. The van der Waals surface area contributed by atoms with Gasteiger partial charge in [0.1, 0.15) is 17.3 Å². The highest BCUT2D eigenvalue weighted by Gasteiger charge is 2.32. The maximum absolute atomic E-state index is 14.2. The first kappa shape index (κ1) is 25.7. The second-order valence-electron chi connectivity index (χ2n) is 7.38. The van der Waals surface area contributed by atoms with Gasteiger partial charge in [-0.2, -0.15) is 0 Å². The predicted octanol–water partition coefficient (Wildman–Crippen LogP) is 3.91. The second kappa shape index (κ2) is 10.6. The van der Waals surface area contributed by atoms with Crippen molar-refractivity contribution in [3.8, 4) is 22.9 Å². The number of amides is 1. The predicted molar refractivity (Wildman–Crippen MR) is 117 cm³/mol. The van der Waals surface area contributed by atoms with Crippen LogP contribution in [-0.4, -0.2) is 43.1 Å². The average Bonchev–Trinajstić information content (AvgIpc) is 2.79. The number of rotatable bonds is 8. The molecule has 12 heteroatoms. The summed E-state index contributed by atoms with van der Waals surface area (Å²) < 4.78 is 65.3. The molecule has 0 saturated heterocycles. The molecule has 0 aliphatic rings. The topological polar surface area (TPSA) is 103 Å². The Kier molecular flexibility index (Phi) is 7.75. The van der Waals surface area contributed by atoms with Gasteiger partial charge in [0, 0.05) is 18.7 Å². The summed E-state index contributed by atoms with van der Waals surface area (Å²) in [7, 11) is 2.82. The third kappa shape index (κ3) is 6.57. The van der Waals surface area contributed by atoms with Gasteiger partial charge in [0.25, 0.3) is 11.5 Å². The Labute approximate surface area is 196 Å². The summed E-state index contributed by atoms with van der Waals surface area (Å²) in [6, 6.07) is 7.86. The quantitative estimate of drug-likeness (QED) is 0.460. The van der Waals surface area contributed by atoms with E-state index in [-0.39, 0.29) is 23.7 Å². The molecule has 2 N–H and O–H groups in total. The number of carbonyl (C=O) groups is 1. The number of carbonyl (C=O) groups excluding carboxylic acids is 1.